The Morgan fingerprint density at radius 2 is 0.875 bits per heavy atom. The first-order valence-electron chi connectivity index (χ1n) is 29.7. The van der Waals surface area contributed by atoms with Gasteiger partial charge in [-0.25, -0.2) is 0 Å². The van der Waals surface area contributed by atoms with E-state index in [1.165, 1.54) is 154 Å². The van der Waals surface area contributed by atoms with Crippen LogP contribution in [0, 0.1) is 0 Å². The Bertz CT molecular complexity index is 1350. The number of nitrogens with one attached hydrogen (secondary N) is 1. The average molecular weight is 1020 g/mol. The summed E-state index contributed by atoms with van der Waals surface area (Å²) in [6, 6.07) is -1.20. The maximum absolute atomic E-state index is 13.2. The summed E-state index contributed by atoms with van der Waals surface area (Å²) >= 11 is 0. The Morgan fingerprint density at radius 1 is 0.486 bits per heavy atom. The molecule has 0 aromatic carbocycles. The van der Waals surface area contributed by atoms with Crippen LogP contribution in [0.3, 0.4) is 0 Å². The zero-order valence-corrected chi connectivity index (χ0v) is 45.9. The summed E-state index contributed by atoms with van der Waals surface area (Å²) in [7, 11) is 0. The Hall–Kier alpha value is -2.19. The van der Waals surface area contributed by atoms with Gasteiger partial charge in [-0.2, -0.15) is 0 Å². The number of hydrogen-bond donors (Lipinski definition) is 8. The molecule has 9 unspecified atom stereocenters. The van der Waals surface area contributed by atoms with E-state index in [-0.39, 0.29) is 12.8 Å². The van der Waals surface area contributed by atoms with Crippen LogP contribution in [-0.2, 0) is 14.3 Å². The van der Waals surface area contributed by atoms with Crippen LogP contribution in [0.25, 0.3) is 0 Å². The minimum Gasteiger partial charge on any atom is -0.394 e. The van der Waals surface area contributed by atoms with E-state index in [4.69, 9.17) is 9.47 Å². The molecule has 0 aromatic rings. The number of aliphatic hydroxyl groups excluding tert-OH is 7. The third-order valence-corrected chi connectivity index (χ3v) is 14.0. The molecular formula is C61H111NO10. The van der Waals surface area contributed by atoms with Gasteiger partial charge in [0, 0.05) is 0 Å². The third kappa shape index (κ3) is 37.5. The Labute approximate surface area is 440 Å². The third-order valence-electron chi connectivity index (χ3n) is 14.0. The Balaban J connectivity index is 2.30. The van der Waals surface area contributed by atoms with Gasteiger partial charge in [0.2, 0.25) is 5.91 Å². The standard InChI is InChI=1S/C61H111NO10/c1-3-5-7-9-11-13-15-17-19-21-22-23-24-25-26-27-28-29-30-31-33-35-37-39-41-43-45-47-49-54(65)60(70)62-52(51-71-61-59(69)58(68)57(67)55(50-63)72-61)56(66)53(64)48-46-44-42-40-38-36-34-32-20-18-16-14-12-10-8-6-4-2/h14,16,22-23,25-26,32,34,40,42,52-59,61,63-69H,3-13,15,17-21,24,27-31,33,35-39,41,43-51H2,1-2H3,(H,62,70)/b16-14+,23-22-,26-25-,34-32+,42-40+. The van der Waals surface area contributed by atoms with Crippen molar-refractivity contribution in [2.24, 2.45) is 0 Å². The number of allylic oxidation sites excluding steroid dienone is 10. The molecule has 0 aliphatic carbocycles. The number of carbonyl (C=O) groups excluding carboxylic acids is 1. The van der Waals surface area contributed by atoms with Crippen molar-refractivity contribution < 1.29 is 50.0 Å². The minimum atomic E-state index is -1.68. The van der Waals surface area contributed by atoms with E-state index < -0.39 is 74.2 Å². The number of rotatable bonds is 50. The Morgan fingerprint density at radius 3 is 1.33 bits per heavy atom. The van der Waals surface area contributed by atoms with Crippen molar-refractivity contribution in [3.63, 3.8) is 0 Å². The van der Waals surface area contributed by atoms with Crippen molar-refractivity contribution in [3.05, 3.63) is 60.8 Å². The van der Waals surface area contributed by atoms with Crippen molar-refractivity contribution in [2.75, 3.05) is 13.2 Å². The molecule has 0 radical (unpaired) electrons. The molecule has 0 aromatic heterocycles. The monoisotopic (exact) mass is 1020 g/mol. The average Bonchev–Trinajstić information content (AvgIpc) is 3.38. The van der Waals surface area contributed by atoms with E-state index in [1.54, 1.807) is 0 Å². The number of carbonyl (C=O) groups is 1. The van der Waals surface area contributed by atoms with Gasteiger partial charge in [0.15, 0.2) is 6.29 Å². The van der Waals surface area contributed by atoms with Gasteiger partial charge in [-0.15, -0.1) is 0 Å². The number of amides is 1. The van der Waals surface area contributed by atoms with E-state index in [2.05, 4.69) is 79.9 Å². The molecule has 8 N–H and O–H groups in total. The lowest BCUT2D eigenvalue weighted by Crippen LogP contribution is -2.60. The lowest BCUT2D eigenvalue weighted by Gasteiger charge is -2.40. The van der Waals surface area contributed by atoms with Crippen LogP contribution in [0.15, 0.2) is 60.8 Å². The molecule has 0 bridgehead atoms. The van der Waals surface area contributed by atoms with Crippen molar-refractivity contribution in [1.82, 2.24) is 5.32 Å². The maximum atomic E-state index is 13.2. The summed E-state index contributed by atoms with van der Waals surface area (Å²) < 4.78 is 11.1. The zero-order valence-electron chi connectivity index (χ0n) is 45.9. The van der Waals surface area contributed by atoms with Gasteiger partial charge >= 0.3 is 0 Å². The minimum absolute atomic E-state index is 0.239. The van der Waals surface area contributed by atoms with Crippen molar-refractivity contribution in [2.45, 2.75) is 306 Å². The normalized spacial score (nSPS) is 20.5. The maximum Gasteiger partial charge on any atom is 0.249 e. The Kier molecular flexibility index (Phi) is 46.8. The lowest BCUT2D eigenvalue weighted by molar-refractivity contribution is -0.303. The highest BCUT2D eigenvalue weighted by molar-refractivity contribution is 5.80. The zero-order chi connectivity index (χ0) is 52.5. The molecule has 420 valence electrons. The molecule has 11 heteroatoms. The fourth-order valence-corrected chi connectivity index (χ4v) is 9.15. The molecule has 0 saturated carbocycles. The van der Waals surface area contributed by atoms with Crippen molar-refractivity contribution in [1.29, 1.82) is 0 Å². The molecule has 1 amide bonds. The smallest absolute Gasteiger partial charge is 0.249 e. The van der Waals surface area contributed by atoms with Gasteiger partial charge in [-0.3, -0.25) is 4.79 Å². The van der Waals surface area contributed by atoms with Gasteiger partial charge in [0.25, 0.3) is 0 Å². The molecule has 1 aliphatic heterocycles. The fraction of sp³-hybridized carbons (Fsp3) is 0.820. The molecule has 72 heavy (non-hydrogen) atoms. The summed E-state index contributed by atoms with van der Waals surface area (Å²) in [4.78, 5) is 13.2. The van der Waals surface area contributed by atoms with Crippen molar-refractivity contribution in [3.8, 4) is 0 Å². The van der Waals surface area contributed by atoms with E-state index in [0.717, 1.165) is 51.4 Å². The summed E-state index contributed by atoms with van der Waals surface area (Å²) in [5.74, 6) is -0.714. The first-order valence-corrected chi connectivity index (χ1v) is 29.7. The quantitative estimate of drug-likeness (QED) is 0.0215. The summed E-state index contributed by atoms with van der Waals surface area (Å²) in [5, 5.41) is 76.1. The predicted octanol–water partition coefficient (Wildman–Crippen LogP) is 12.6. The highest BCUT2D eigenvalue weighted by atomic mass is 16.7. The molecule has 9 atom stereocenters. The number of aliphatic hydroxyl groups is 7. The second-order valence-corrected chi connectivity index (χ2v) is 20.7. The fourth-order valence-electron chi connectivity index (χ4n) is 9.15. The second-order valence-electron chi connectivity index (χ2n) is 20.7. The number of hydrogen-bond acceptors (Lipinski definition) is 10. The van der Waals surface area contributed by atoms with Crippen LogP contribution >= 0.6 is 0 Å². The van der Waals surface area contributed by atoms with E-state index in [9.17, 15) is 40.5 Å². The highest BCUT2D eigenvalue weighted by Gasteiger charge is 2.44. The molecule has 11 nitrogen and oxygen atoms in total. The highest BCUT2D eigenvalue weighted by Crippen LogP contribution is 2.23. The first-order chi connectivity index (χ1) is 35.2. The largest absolute Gasteiger partial charge is 0.394 e. The lowest BCUT2D eigenvalue weighted by atomic mass is 9.98. The van der Waals surface area contributed by atoms with E-state index in [1.807, 2.05) is 0 Å². The van der Waals surface area contributed by atoms with Gasteiger partial charge in [-0.1, -0.05) is 216 Å². The van der Waals surface area contributed by atoms with Crippen LogP contribution in [0.4, 0.5) is 0 Å². The van der Waals surface area contributed by atoms with Gasteiger partial charge in [0.1, 0.15) is 36.6 Å². The molecule has 1 fully saturated rings. The van der Waals surface area contributed by atoms with Gasteiger partial charge < -0.3 is 50.5 Å². The van der Waals surface area contributed by atoms with Crippen LogP contribution in [-0.4, -0.2) is 110 Å². The van der Waals surface area contributed by atoms with E-state index in [0.29, 0.717) is 19.3 Å². The number of unbranched alkanes of at least 4 members (excludes halogenated alkanes) is 28. The van der Waals surface area contributed by atoms with Gasteiger partial charge in [0.05, 0.1) is 25.4 Å². The first kappa shape index (κ1) is 67.8. The SMILES string of the molecule is CCCCCC/C=C/CC/C=C/CC/C=C/CCCC(O)C(O)C(COC1OC(CO)C(O)C(O)C1O)NC(=O)C(O)CCCCCCCCCCCCCC/C=C\C/C=C\CCCCCCCCCCC. The van der Waals surface area contributed by atoms with Crippen LogP contribution in [0.5, 0.6) is 0 Å². The summed E-state index contributed by atoms with van der Waals surface area (Å²) in [6.45, 7) is 3.42. The molecular weight excluding hydrogens is 907 g/mol. The van der Waals surface area contributed by atoms with Gasteiger partial charge in [-0.05, 0) is 96.3 Å². The van der Waals surface area contributed by atoms with E-state index >= 15 is 0 Å². The molecule has 1 saturated heterocycles. The molecule has 1 rings (SSSR count). The topological polar surface area (TPSA) is 189 Å². The van der Waals surface area contributed by atoms with Crippen molar-refractivity contribution >= 4 is 5.91 Å². The summed E-state index contributed by atoms with van der Waals surface area (Å²) in [6.07, 6.45) is 52.8. The van der Waals surface area contributed by atoms with Crippen LogP contribution in [0.2, 0.25) is 0 Å². The molecule has 1 heterocycles. The number of ether oxygens (including phenoxy) is 2. The second kappa shape index (κ2) is 49.7. The molecule has 1 aliphatic rings. The van der Waals surface area contributed by atoms with Crippen LogP contribution in [0.1, 0.15) is 251 Å². The predicted molar refractivity (Wildman–Crippen MR) is 298 cm³/mol. The van der Waals surface area contributed by atoms with Crippen LogP contribution < -0.4 is 5.32 Å². The summed E-state index contributed by atoms with van der Waals surface area (Å²) in [5.41, 5.74) is 0. The molecule has 0 spiro atoms.